The maximum absolute atomic E-state index is 8.67. The Kier molecular flexibility index (Phi) is 8.53. The third-order valence-corrected chi connectivity index (χ3v) is 2.95. The maximum Gasteiger partial charge on any atom is 0.0431 e. The van der Waals surface area contributed by atoms with E-state index in [-0.39, 0.29) is 0 Å². The van der Waals surface area contributed by atoms with Gasteiger partial charge in [0.05, 0.1) is 0 Å². The van der Waals surface area contributed by atoms with Gasteiger partial charge in [-0.05, 0) is 24.7 Å². The molecule has 0 spiro atoms. The van der Waals surface area contributed by atoms with Crippen molar-refractivity contribution in [1.29, 1.82) is 0 Å². The quantitative estimate of drug-likeness (QED) is 0.614. The molecule has 80 valence electrons. The molecule has 0 fully saturated rings. The van der Waals surface area contributed by atoms with Gasteiger partial charge in [0.25, 0.3) is 0 Å². The fourth-order valence-electron chi connectivity index (χ4n) is 1.60. The molecule has 2 atom stereocenters. The zero-order valence-electron chi connectivity index (χ0n) is 9.55. The fourth-order valence-corrected chi connectivity index (χ4v) is 1.60. The van der Waals surface area contributed by atoms with E-state index < -0.39 is 0 Å². The summed E-state index contributed by atoms with van der Waals surface area (Å²) >= 11 is 0. The predicted octanol–water partition coefficient (Wildman–Crippen LogP) is 3.61. The second-order valence-electron chi connectivity index (χ2n) is 4.42. The molecule has 0 rings (SSSR count). The van der Waals surface area contributed by atoms with Crippen LogP contribution in [0.4, 0.5) is 0 Å². The molecule has 1 heteroatoms. The Morgan fingerprint density at radius 1 is 0.923 bits per heavy atom. The summed E-state index contributed by atoms with van der Waals surface area (Å²) in [4.78, 5) is 0. The number of hydrogen-bond acceptors (Lipinski definition) is 1. The van der Waals surface area contributed by atoms with Crippen molar-refractivity contribution in [3.05, 3.63) is 0 Å². The van der Waals surface area contributed by atoms with Crippen molar-refractivity contribution in [2.75, 3.05) is 6.61 Å². The molecule has 0 aliphatic carbocycles. The number of hydrogen-bond donors (Lipinski definition) is 1. The summed E-state index contributed by atoms with van der Waals surface area (Å²) in [6, 6.07) is 0. The standard InChI is InChI=1S/C12H26O/c1-4-11(2)7-5-8-12(3)9-6-10-13/h11-13H,4-10H2,1-3H3/t11-,12-/m1/s1. The van der Waals surface area contributed by atoms with E-state index in [4.69, 9.17) is 5.11 Å². The van der Waals surface area contributed by atoms with Crippen LogP contribution < -0.4 is 0 Å². The predicted molar refractivity (Wildman–Crippen MR) is 58.8 cm³/mol. The molecular weight excluding hydrogens is 160 g/mol. The molecule has 0 aromatic carbocycles. The SMILES string of the molecule is CC[C@@H](C)CCC[C@@H](C)CCCO. The van der Waals surface area contributed by atoms with Crippen molar-refractivity contribution in [3.63, 3.8) is 0 Å². The Balaban J connectivity index is 3.21. The molecule has 0 heterocycles. The van der Waals surface area contributed by atoms with Gasteiger partial charge in [-0.25, -0.2) is 0 Å². The van der Waals surface area contributed by atoms with Gasteiger partial charge in [-0.1, -0.05) is 46.5 Å². The minimum Gasteiger partial charge on any atom is -0.396 e. The Hall–Kier alpha value is -0.0400. The molecule has 13 heavy (non-hydrogen) atoms. The largest absolute Gasteiger partial charge is 0.396 e. The highest BCUT2D eigenvalue weighted by Gasteiger charge is 2.03. The van der Waals surface area contributed by atoms with Crippen LogP contribution in [0, 0.1) is 11.8 Å². The normalized spacial score (nSPS) is 15.7. The van der Waals surface area contributed by atoms with Gasteiger partial charge in [-0.3, -0.25) is 0 Å². The fraction of sp³-hybridized carbons (Fsp3) is 1.00. The van der Waals surface area contributed by atoms with Gasteiger partial charge >= 0.3 is 0 Å². The minimum absolute atomic E-state index is 0.357. The molecule has 1 nitrogen and oxygen atoms in total. The first-order valence-corrected chi connectivity index (χ1v) is 5.81. The Morgan fingerprint density at radius 2 is 1.46 bits per heavy atom. The van der Waals surface area contributed by atoms with Crippen LogP contribution in [0.25, 0.3) is 0 Å². The van der Waals surface area contributed by atoms with E-state index >= 15 is 0 Å². The Bertz CT molecular complexity index is 101. The highest BCUT2D eigenvalue weighted by molar-refractivity contribution is 4.56. The maximum atomic E-state index is 8.67. The second-order valence-corrected chi connectivity index (χ2v) is 4.42. The van der Waals surface area contributed by atoms with Gasteiger partial charge in [-0.2, -0.15) is 0 Å². The first-order valence-electron chi connectivity index (χ1n) is 5.81. The van der Waals surface area contributed by atoms with E-state index in [0.717, 1.165) is 18.3 Å². The van der Waals surface area contributed by atoms with Crippen molar-refractivity contribution in [1.82, 2.24) is 0 Å². The highest BCUT2D eigenvalue weighted by atomic mass is 16.2. The van der Waals surface area contributed by atoms with Gasteiger partial charge in [-0.15, -0.1) is 0 Å². The topological polar surface area (TPSA) is 20.2 Å². The second kappa shape index (κ2) is 8.55. The van der Waals surface area contributed by atoms with E-state index in [9.17, 15) is 0 Å². The summed E-state index contributed by atoms with van der Waals surface area (Å²) in [5, 5.41) is 8.67. The Labute approximate surface area is 83.5 Å². The Morgan fingerprint density at radius 3 is 2.00 bits per heavy atom. The van der Waals surface area contributed by atoms with Gasteiger partial charge in [0.2, 0.25) is 0 Å². The van der Waals surface area contributed by atoms with Crippen LogP contribution in [0.3, 0.4) is 0 Å². The summed E-state index contributed by atoms with van der Waals surface area (Å²) in [5.74, 6) is 1.70. The average Bonchev–Trinajstić information content (AvgIpc) is 2.14. The molecule has 0 unspecified atom stereocenters. The molecule has 0 amide bonds. The molecule has 0 aliphatic heterocycles. The third kappa shape index (κ3) is 8.29. The molecule has 0 saturated carbocycles. The molecule has 0 aromatic heterocycles. The summed E-state index contributed by atoms with van der Waals surface area (Å²) in [6.45, 7) is 7.25. The number of aliphatic hydroxyl groups is 1. The summed E-state index contributed by atoms with van der Waals surface area (Å²) in [7, 11) is 0. The van der Waals surface area contributed by atoms with Crippen molar-refractivity contribution in [3.8, 4) is 0 Å². The van der Waals surface area contributed by atoms with E-state index in [1.165, 1.54) is 32.1 Å². The van der Waals surface area contributed by atoms with Gasteiger partial charge in [0.15, 0.2) is 0 Å². The average molecular weight is 186 g/mol. The number of aliphatic hydroxyl groups excluding tert-OH is 1. The van der Waals surface area contributed by atoms with Crippen molar-refractivity contribution in [2.24, 2.45) is 11.8 Å². The molecule has 0 radical (unpaired) electrons. The van der Waals surface area contributed by atoms with E-state index in [1.807, 2.05) is 0 Å². The first kappa shape index (κ1) is 13.0. The van der Waals surface area contributed by atoms with Crippen LogP contribution in [0.15, 0.2) is 0 Å². The van der Waals surface area contributed by atoms with Crippen LogP contribution in [-0.2, 0) is 0 Å². The van der Waals surface area contributed by atoms with Gasteiger partial charge in [0.1, 0.15) is 0 Å². The van der Waals surface area contributed by atoms with Crippen LogP contribution in [0.1, 0.15) is 59.3 Å². The lowest BCUT2D eigenvalue weighted by atomic mass is 9.95. The molecule has 0 aromatic rings. The molecule has 0 bridgehead atoms. The zero-order chi connectivity index (χ0) is 10.1. The van der Waals surface area contributed by atoms with E-state index in [2.05, 4.69) is 20.8 Å². The van der Waals surface area contributed by atoms with E-state index in [1.54, 1.807) is 0 Å². The highest BCUT2D eigenvalue weighted by Crippen LogP contribution is 2.17. The monoisotopic (exact) mass is 186 g/mol. The molecular formula is C12H26O. The van der Waals surface area contributed by atoms with E-state index in [0.29, 0.717) is 6.61 Å². The van der Waals surface area contributed by atoms with Crippen LogP contribution in [0.5, 0.6) is 0 Å². The van der Waals surface area contributed by atoms with Crippen LogP contribution in [-0.4, -0.2) is 11.7 Å². The molecule has 0 aliphatic rings. The van der Waals surface area contributed by atoms with Crippen LogP contribution in [0.2, 0.25) is 0 Å². The number of rotatable bonds is 8. The lowest BCUT2D eigenvalue weighted by Crippen LogP contribution is -1.99. The molecule has 0 saturated heterocycles. The summed E-state index contributed by atoms with van der Waals surface area (Å²) in [6.07, 6.45) is 7.55. The van der Waals surface area contributed by atoms with Crippen molar-refractivity contribution < 1.29 is 5.11 Å². The van der Waals surface area contributed by atoms with Crippen LogP contribution >= 0.6 is 0 Å². The smallest absolute Gasteiger partial charge is 0.0431 e. The first-order chi connectivity index (χ1) is 6.20. The lowest BCUT2D eigenvalue weighted by Gasteiger charge is -2.12. The molecule has 1 N–H and O–H groups in total. The third-order valence-electron chi connectivity index (χ3n) is 2.95. The van der Waals surface area contributed by atoms with Gasteiger partial charge < -0.3 is 5.11 Å². The summed E-state index contributed by atoms with van der Waals surface area (Å²) < 4.78 is 0. The van der Waals surface area contributed by atoms with Crippen molar-refractivity contribution in [2.45, 2.75) is 59.3 Å². The van der Waals surface area contributed by atoms with Gasteiger partial charge in [0, 0.05) is 6.61 Å². The minimum atomic E-state index is 0.357. The summed E-state index contributed by atoms with van der Waals surface area (Å²) in [5.41, 5.74) is 0. The lowest BCUT2D eigenvalue weighted by molar-refractivity contribution is 0.270. The zero-order valence-corrected chi connectivity index (χ0v) is 9.55. The van der Waals surface area contributed by atoms with Crippen molar-refractivity contribution >= 4 is 0 Å².